The van der Waals surface area contributed by atoms with Crippen molar-refractivity contribution >= 4 is 12.0 Å². The van der Waals surface area contributed by atoms with Gasteiger partial charge >= 0.3 is 12.0 Å². The van der Waals surface area contributed by atoms with E-state index in [0.717, 1.165) is 6.42 Å². The fourth-order valence-electron chi connectivity index (χ4n) is 1.24. The van der Waals surface area contributed by atoms with Crippen LogP contribution in [0.4, 0.5) is 4.79 Å². The van der Waals surface area contributed by atoms with Crippen LogP contribution >= 0.6 is 0 Å². The van der Waals surface area contributed by atoms with Gasteiger partial charge in [0.15, 0.2) is 0 Å². The first-order chi connectivity index (χ1) is 7.47. The van der Waals surface area contributed by atoms with Crippen molar-refractivity contribution in [3.63, 3.8) is 0 Å². The SMILES string of the molecule is CCCC(CNC(=O)NCC(C)C)C(=O)O. The van der Waals surface area contributed by atoms with Crippen molar-refractivity contribution in [2.45, 2.75) is 33.6 Å². The molecule has 5 nitrogen and oxygen atoms in total. The minimum absolute atomic E-state index is 0.188. The number of carboxylic acids is 1. The van der Waals surface area contributed by atoms with E-state index in [0.29, 0.717) is 18.9 Å². The number of nitrogens with one attached hydrogen (secondary N) is 2. The lowest BCUT2D eigenvalue weighted by molar-refractivity contribution is -0.141. The Labute approximate surface area is 96.6 Å². The smallest absolute Gasteiger partial charge is 0.314 e. The molecule has 0 fully saturated rings. The van der Waals surface area contributed by atoms with E-state index in [2.05, 4.69) is 10.6 Å². The van der Waals surface area contributed by atoms with Gasteiger partial charge in [-0.1, -0.05) is 27.2 Å². The average Bonchev–Trinajstić information content (AvgIpc) is 2.20. The summed E-state index contributed by atoms with van der Waals surface area (Å²) >= 11 is 0. The summed E-state index contributed by atoms with van der Waals surface area (Å²) in [6, 6.07) is -0.295. The van der Waals surface area contributed by atoms with E-state index >= 15 is 0 Å². The maximum Gasteiger partial charge on any atom is 0.314 e. The van der Waals surface area contributed by atoms with Gasteiger partial charge in [0.25, 0.3) is 0 Å². The highest BCUT2D eigenvalue weighted by Gasteiger charge is 2.16. The number of carbonyl (C=O) groups is 2. The molecule has 0 aliphatic heterocycles. The summed E-state index contributed by atoms with van der Waals surface area (Å²) in [5.41, 5.74) is 0. The van der Waals surface area contributed by atoms with Crippen LogP contribution in [-0.4, -0.2) is 30.2 Å². The highest BCUT2D eigenvalue weighted by Crippen LogP contribution is 2.04. The van der Waals surface area contributed by atoms with Crippen molar-refractivity contribution in [2.24, 2.45) is 11.8 Å². The molecule has 0 saturated heterocycles. The van der Waals surface area contributed by atoms with Crippen molar-refractivity contribution in [2.75, 3.05) is 13.1 Å². The first-order valence-electron chi connectivity index (χ1n) is 5.71. The number of carbonyl (C=O) groups excluding carboxylic acids is 1. The molecule has 1 unspecified atom stereocenters. The molecular formula is C11H22N2O3. The predicted octanol–water partition coefficient (Wildman–Crippen LogP) is 1.44. The molecule has 0 aliphatic carbocycles. The van der Waals surface area contributed by atoms with Crippen molar-refractivity contribution in [3.8, 4) is 0 Å². The maximum absolute atomic E-state index is 11.3. The Bertz CT molecular complexity index is 229. The molecule has 0 radical (unpaired) electrons. The fourth-order valence-corrected chi connectivity index (χ4v) is 1.24. The molecule has 0 heterocycles. The Morgan fingerprint density at radius 3 is 2.19 bits per heavy atom. The number of carboxylic acid groups (broad SMARTS) is 1. The van der Waals surface area contributed by atoms with E-state index in [1.54, 1.807) is 0 Å². The minimum Gasteiger partial charge on any atom is -0.481 e. The Balaban J connectivity index is 3.82. The normalized spacial score (nSPS) is 12.2. The van der Waals surface area contributed by atoms with Crippen LogP contribution in [0.5, 0.6) is 0 Å². The highest BCUT2D eigenvalue weighted by molar-refractivity contribution is 5.75. The van der Waals surface area contributed by atoms with E-state index < -0.39 is 11.9 Å². The molecule has 0 rings (SSSR count). The first-order valence-corrected chi connectivity index (χ1v) is 5.71. The van der Waals surface area contributed by atoms with Gasteiger partial charge < -0.3 is 15.7 Å². The second-order valence-corrected chi connectivity index (χ2v) is 4.31. The molecule has 0 aromatic rings. The molecule has 0 aromatic heterocycles. The predicted molar refractivity (Wildman–Crippen MR) is 62.3 cm³/mol. The number of hydrogen-bond donors (Lipinski definition) is 3. The Morgan fingerprint density at radius 2 is 1.75 bits per heavy atom. The van der Waals surface area contributed by atoms with E-state index in [9.17, 15) is 9.59 Å². The van der Waals surface area contributed by atoms with Crippen molar-refractivity contribution < 1.29 is 14.7 Å². The molecule has 2 amide bonds. The number of rotatable bonds is 7. The topological polar surface area (TPSA) is 78.4 Å². The summed E-state index contributed by atoms with van der Waals surface area (Å²) in [5, 5.41) is 14.1. The zero-order valence-electron chi connectivity index (χ0n) is 10.2. The molecule has 0 saturated carbocycles. The van der Waals surface area contributed by atoms with Gasteiger partial charge in [0.05, 0.1) is 5.92 Å². The van der Waals surface area contributed by atoms with E-state index in [1.807, 2.05) is 20.8 Å². The highest BCUT2D eigenvalue weighted by atomic mass is 16.4. The molecule has 0 spiro atoms. The molecular weight excluding hydrogens is 208 g/mol. The molecule has 0 bridgehead atoms. The number of hydrogen-bond acceptors (Lipinski definition) is 2. The van der Waals surface area contributed by atoms with Crippen LogP contribution in [0.2, 0.25) is 0 Å². The third-order valence-corrected chi connectivity index (χ3v) is 2.17. The third kappa shape index (κ3) is 7.09. The summed E-state index contributed by atoms with van der Waals surface area (Å²) in [5.74, 6) is -0.961. The summed E-state index contributed by atoms with van der Waals surface area (Å²) in [6.07, 6.45) is 1.38. The standard InChI is InChI=1S/C11H22N2O3/c1-4-5-9(10(14)15)7-13-11(16)12-6-8(2)3/h8-9H,4-7H2,1-3H3,(H,14,15)(H2,12,13,16). The van der Waals surface area contributed by atoms with Crippen LogP contribution in [-0.2, 0) is 4.79 Å². The summed E-state index contributed by atoms with van der Waals surface area (Å²) in [4.78, 5) is 22.1. The molecule has 1 atom stereocenters. The van der Waals surface area contributed by atoms with Gasteiger partial charge in [-0.15, -0.1) is 0 Å². The monoisotopic (exact) mass is 230 g/mol. The Hall–Kier alpha value is -1.26. The van der Waals surface area contributed by atoms with Gasteiger partial charge in [0.2, 0.25) is 0 Å². The van der Waals surface area contributed by atoms with Gasteiger partial charge in [0.1, 0.15) is 0 Å². The average molecular weight is 230 g/mol. The number of amides is 2. The van der Waals surface area contributed by atoms with Crippen LogP contribution in [0.15, 0.2) is 0 Å². The molecule has 0 aromatic carbocycles. The summed E-state index contributed by atoms with van der Waals surface area (Å²) in [6.45, 7) is 6.70. The van der Waals surface area contributed by atoms with Gasteiger partial charge in [-0.25, -0.2) is 4.79 Å². The second kappa shape index (κ2) is 7.96. The van der Waals surface area contributed by atoms with Crippen molar-refractivity contribution in [3.05, 3.63) is 0 Å². The lowest BCUT2D eigenvalue weighted by atomic mass is 10.0. The Kier molecular flexibility index (Phi) is 7.33. The zero-order chi connectivity index (χ0) is 12.6. The van der Waals surface area contributed by atoms with Crippen LogP contribution in [0.25, 0.3) is 0 Å². The lowest BCUT2D eigenvalue weighted by Gasteiger charge is -2.13. The van der Waals surface area contributed by atoms with Crippen LogP contribution in [0.1, 0.15) is 33.6 Å². The Morgan fingerprint density at radius 1 is 1.19 bits per heavy atom. The maximum atomic E-state index is 11.3. The van der Waals surface area contributed by atoms with E-state index in [1.165, 1.54) is 0 Å². The largest absolute Gasteiger partial charge is 0.481 e. The summed E-state index contributed by atoms with van der Waals surface area (Å²) in [7, 11) is 0. The van der Waals surface area contributed by atoms with Gasteiger partial charge in [-0.05, 0) is 12.3 Å². The van der Waals surface area contributed by atoms with Crippen molar-refractivity contribution in [1.29, 1.82) is 0 Å². The number of aliphatic carboxylic acids is 1. The second-order valence-electron chi connectivity index (χ2n) is 4.31. The third-order valence-electron chi connectivity index (χ3n) is 2.17. The molecule has 0 aliphatic rings. The number of urea groups is 1. The lowest BCUT2D eigenvalue weighted by Crippen LogP contribution is -2.41. The van der Waals surface area contributed by atoms with Gasteiger partial charge in [-0.3, -0.25) is 4.79 Å². The van der Waals surface area contributed by atoms with E-state index in [4.69, 9.17) is 5.11 Å². The molecule has 16 heavy (non-hydrogen) atoms. The zero-order valence-corrected chi connectivity index (χ0v) is 10.2. The minimum atomic E-state index is -0.856. The fraction of sp³-hybridized carbons (Fsp3) is 0.818. The molecule has 94 valence electrons. The first kappa shape index (κ1) is 14.7. The molecule has 5 heteroatoms. The molecule has 3 N–H and O–H groups in total. The van der Waals surface area contributed by atoms with Crippen molar-refractivity contribution in [1.82, 2.24) is 10.6 Å². The quantitative estimate of drug-likeness (QED) is 0.619. The van der Waals surface area contributed by atoms with Crippen LogP contribution in [0, 0.1) is 11.8 Å². The van der Waals surface area contributed by atoms with Gasteiger partial charge in [-0.2, -0.15) is 0 Å². The van der Waals surface area contributed by atoms with E-state index in [-0.39, 0.29) is 12.6 Å². The van der Waals surface area contributed by atoms with Gasteiger partial charge in [0, 0.05) is 13.1 Å². The van der Waals surface area contributed by atoms with Crippen LogP contribution in [0.3, 0.4) is 0 Å². The van der Waals surface area contributed by atoms with Crippen LogP contribution < -0.4 is 10.6 Å². The summed E-state index contributed by atoms with van der Waals surface area (Å²) < 4.78 is 0.